The Kier molecular flexibility index (Phi) is 5.41. The molecule has 0 saturated carbocycles. The first-order valence-electron chi connectivity index (χ1n) is 8.67. The van der Waals surface area contributed by atoms with E-state index >= 15 is 0 Å². The van der Waals surface area contributed by atoms with E-state index in [-0.39, 0.29) is 40.8 Å². The lowest BCUT2D eigenvalue weighted by Crippen LogP contribution is -2.41. The second kappa shape index (κ2) is 7.59. The topological polar surface area (TPSA) is 92.3 Å². The van der Waals surface area contributed by atoms with Crippen LogP contribution in [0.2, 0.25) is 0 Å². The smallest absolute Gasteiger partial charge is 0.272 e. The Bertz CT molecular complexity index is 965. The highest BCUT2D eigenvalue weighted by Gasteiger charge is 2.34. The maximum atomic E-state index is 13.8. The first-order chi connectivity index (χ1) is 12.8. The number of halogens is 1. The van der Waals surface area contributed by atoms with Gasteiger partial charge in [-0.2, -0.15) is 0 Å². The molecule has 2 heterocycles. The van der Waals surface area contributed by atoms with Gasteiger partial charge >= 0.3 is 0 Å². The van der Waals surface area contributed by atoms with E-state index in [1.807, 2.05) is 0 Å². The molecule has 1 aromatic heterocycles. The molecule has 2 aromatic rings. The average molecular weight is 392 g/mol. The van der Waals surface area contributed by atoms with Crippen LogP contribution in [0.25, 0.3) is 0 Å². The number of carbonyl (C=O) groups excluding carboxylic acids is 1. The molecule has 144 valence electrons. The molecular weight excluding hydrogens is 371 g/mol. The van der Waals surface area contributed by atoms with Crippen LogP contribution in [-0.2, 0) is 9.84 Å². The van der Waals surface area contributed by atoms with Crippen LogP contribution in [-0.4, -0.2) is 53.3 Å². The van der Waals surface area contributed by atoms with Gasteiger partial charge in [-0.15, -0.1) is 0 Å². The van der Waals surface area contributed by atoms with E-state index in [9.17, 15) is 17.6 Å². The predicted octanol–water partition coefficient (Wildman–Crippen LogP) is 2.32. The summed E-state index contributed by atoms with van der Waals surface area (Å²) in [5.41, 5.74) is 0.894. The van der Waals surface area contributed by atoms with Crippen LogP contribution in [0.3, 0.4) is 0 Å². The van der Waals surface area contributed by atoms with Crippen molar-refractivity contribution in [3.8, 4) is 0 Å². The number of anilines is 2. The Hall–Kier alpha value is -2.55. The highest BCUT2D eigenvalue weighted by atomic mass is 32.2. The monoisotopic (exact) mass is 392 g/mol. The number of aryl methyl sites for hydroxylation is 1. The van der Waals surface area contributed by atoms with E-state index < -0.39 is 15.7 Å². The SMILES string of the molecule is CCN(C(=O)c1cc(C)nc(Nc2ccccc2F)n1)C1CCS(=O)(=O)C1. The molecule has 7 nitrogen and oxygen atoms in total. The maximum absolute atomic E-state index is 13.8. The van der Waals surface area contributed by atoms with Gasteiger partial charge in [0.1, 0.15) is 11.5 Å². The number of benzene rings is 1. The first kappa shape index (κ1) is 19.2. The van der Waals surface area contributed by atoms with Crippen molar-refractivity contribution in [2.45, 2.75) is 26.3 Å². The van der Waals surface area contributed by atoms with E-state index in [1.165, 1.54) is 11.0 Å². The van der Waals surface area contributed by atoms with Crippen molar-refractivity contribution in [1.29, 1.82) is 0 Å². The molecule has 0 aliphatic carbocycles. The maximum Gasteiger partial charge on any atom is 0.272 e. The zero-order valence-electron chi connectivity index (χ0n) is 15.1. The molecule has 1 aliphatic rings. The minimum absolute atomic E-state index is 0.0308. The summed E-state index contributed by atoms with van der Waals surface area (Å²) in [5, 5.41) is 2.78. The van der Waals surface area contributed by atoms with Crippen LogP contribution in [0.4, 0.5) is 16.0 Å². The minimum Gasteiger partial charge on any atom is -0.334 e. The summed E-state index contributed by atoms with van der Waals surface area (Å²) in [7, 11) is -3.11. The van der Waals surface area contributed by atoms with E-state index in [0.717, 1.165) is 0 Å². The minimum atomic E-state index is -3.11. The quantitative estimate of drug-likeness (QED) is 0.840. The lowest BCUT2D eigenvalue weighted by molar-refractivity contribution is 0.0702. The molecule has 1 unspecified atom stereocenters. The molecule has 1 aromatic carbocycles. The molecule has 3 rings (SSSR count). The van der Waals surface area contributed by atoms with Crippen LogP contribution < -0.4 is 5.32 Å². The molecule has 1 N–H and O–H groups in total. The molecule has 1 fully saturated rings. The molecule has 9 heteroatoms. The second-order valence-corrected chi connectivity index (χ2v) is 8.70. The Morgan fingerprint density at radius 2 is 2.07 bits per heavy atom. The summed E-state index contributed by atoms with van der Waals surface area (Å²) in [5.74, 6) is -0.650. The number of sulfone groups is 1. The summed E-state index contributed by atoms with van der Waals surface area (Å²) in [4.78, 5) is 22.9. The zero-order valence-corrected chi connectivity index (χ0v) is 16.0. The van der Waals surface area contributed by atoms with Crippen molar-refractivity contribution in [3.05, 3.63) is 47.5 Å². The highest BCUT2D eigenvalue weighted by molar-refractivity contribution is 7.91. The number of amides is 1. The molecule has 27 heavy (non-hydrogen) atoms. The molecule has 0 bridgehead atoms. The van der Waals surface area contributed by atoms with Crippen LogP contribution in [0.15, 0.2) is 30.3 Å². The van der Waals surface area contributed by atoms with Crippen molar-refractivity contribution in [3.63, 3.8) is 0 Å². The number of nitrogens with zero attached hydrogens (tertiary/aromatic N) is 3. The normalized spacial score (nSPS) is 18.3. The number of hydrogen-bond donors (Lipinski definition) is 1. The first-order valence-corrected chi connectivity index (χ1v) is 10.5. The zero-order chi connectivity index (χ0) is 19.6. The Labute approximate surface area is 157 Å². The number of aromatic nitrogens is 2. The fourth-order valence-corrected chi connectivity index (χ4v) is 4.88. The number of hydrogen-bond acceptors (Lipinski definition) is 6. The van der Waals surface area contributed by atoms with Crippen molar-refractivity contribution in [1.82, 2.24) is 14.9 Å². The molecular formula is C18H21FN4O3S. The summed E-state index contributed by atoms with van der Waals surface area (Å²) >= 11 is 0. The second-order valence-electron chi connectivity index (χ2n) is 6.47. The third-order valence-electron chi connectivity index (χ3n) is 4.44. The van der Waals surface area contributed by atoms with Crippen molar-refractivity contribution < 1.29 is 17.6 Å². The van der Waals surface area contributed by atoms with Gasteiger partial charge in [-0.25, -0.2) is 22.8 Å². The van der Waals surface area contributed by atoms with E-state index in [0.29, 0.717) is 18.7 Å². The van der Waals surface area contributed by atoms with Crippen molar-refractivity contribution >= 4 is 27.4 Å². The lowest BCUT2D eigenvalue weighted by Gasteiger charge is -2.26. The molecule has 1 saturated heterocycles. The summed E-state index contributed by atoms with van der Waals surface area (Å²) < 4.78 is 37.4. The summed E-state index contributed by atoms with van der Waals surface area (Å²) in [6.45, 7) is 3.88. The standard InChI is InChI=1S/C18H21FN4O3S/c1-3-23(13-8-9-27(25,26)11-13)17(24)16-10-12(2)20-18(22-16)21-15-7-5-4-6-14(15)19/h4-7,10,13H,3,8-9,11H2,1-2H3,(H,20,21,22). The van der Waals surface area contributed by atoms with Gasteiger partial charge in [0.25, 0.3) is 5.91 Å². The lowest BCUT2D eigenvalue weighted by atomic mass is 10.2. The Balaban J connectivity index is 1.86. The molecule has 0 spiro atoms. The van der Waals surface area contributed by atoms with Gasteiger partial charge in [0.05, 0.1) is 17.2 Å². The fourth-order valence-electron chi connectivity index (χ4n) is 3.15. The summed E-state index contributed by atoms with van der Waals surface area (Å²) in [6.07, 6.45) is 0.423. The van der Waals surface area contributed by atoms with Gasteiger partial charge in [0.15, 0.2) is 9.84 Å². The number of para-hydroxylation sites is 1. The van der Waals surface area contributed by atoms with Gasteiger partial charge in [0.2, 0.25) is 5.95 Å². The molecule has 0 radical (unpaired) electrons. The van der Waals surface area contributed by atoms with Crippen LogP contribution in [0.1, 0.15) is 29.5 Å². The Morgan fingerprint density at radius 3 is 2.70 bits per heavy atom. The number of rotatable bonds is 5. The van der Waals surface area contributed by atoms with E-state index in [1.54, 1.807) is 38.1 Å². The van der Waals surface area contributed by atoms with Gasteiger partial charge in [-0.05, 0) is 38.5 Å². The van der Waals surface area contributed by atoms with Crippen LogP contribution in [0, 0.1) is 12.7 Å². The Morgan fingerprint density at radius 1 is 1.33 bits per heavy atom. The third kappa shape index (κ3) is 4.41. The van der Waals surface area contributed by atoms with Gasteiger partial charge < -0.3 is 10.2 Å². The third-order valence-corrected chi connectivity index (χ3v) is 6.19. The van der Waals surface area contributed by atoms with Crippen molar-refractivity contribution in [2.24, 2.45) is 0 Å². The average Bonchev–Trinajstić information content (AvgIpc) is 2.96. The molecule has 1 atom stereocenters. The highest BCUT2D eigenvalue weighted by Crippen LogP contribution is 2.21. The summed E-state index contributed by atoms with van der Waals surface area (Å²) in [6, 6.07) is 7.29. The molecule has 1 aliphatic heterocycles. The number of carbonyl (C=O) groups is 1. The van der Waals surface area contributed by atoms with Gasteiger partial charge in [-0.3, -0.25) is 4.79 Å². The van der Waals surface area contributed by atoms with E-state index in [2.05, 4.69) is 15.3 Å². The molecule has 1 amide bonds. The predicted molar refractivity (Wildman–Crippen MR) is 100 cm³/mol. The van der Waals surface area contributed by atoms with Crippen molar-refractivity contribution in [2.75, 3.05) is 23.4 Å². The fraction of sp³-hybridized carbons (Fsp3) is 0.389. The van der Waals surface area contributed by atoms with E-state index in [4.69, 9.17) is 0 Å². The van der Waals surface area contributed by atoms with Crippen LogP contribution >= 0.6 is 0 Å². The van der Waals surface area contributed by atoms with Gasteiger partial charge in [0, 0.05) is 18.3 Å². The largest absolute Gasteiger partial charge is 0.334 e. The number of nitrogens with one attached hydrogen (secondary N) is 1. The van der Waals surface area contributed by atoms with Gasteiger partial charge in [-0.1, -0.05) is 12.1 Å². The van der Waals surface area contributed by atoms with Crippen LogP contribution in [0.5, 0.6) is 0 Å².